The summed E-state index contributed by atoms with van der Waals surface area (Å²) in [5.41, 5.74) is 0.623. The molecule has 1 aliphatic rings. The van der Waals surface area contributed by atoms with Crippen LogP contribution in [-0.4, -0.2) is 64.5 Å². The lowest BCUT2D eigenvalue weighted by Crippen LogP contribution is -2.44. The summed E-state index contributed by atoms with van der Waals surface area (Å²) in [6.45, 7) is 2.97. The van der Waals surface area contributed by atoms with Crippen LogP contribution in [-0.2, 0) is 10.0 Å². The summed E-state index contributed by atoms with van der Waals surface area (Å²) in [7, 11) is -0.516. The topological polar surface area (TPSA) is 94.6 Å². The summed E-state index contributed by atoms with van der Waals surface area (Å²) in [5.74, 6) is 0.279. The van der Waals surface area contributed by atoms with E-state index in [1.165, 1.54) is 23.2 Å². The molecule has 1 aromatic heterocycles. The maximum atomic E-state index is 12.8. The number of rotatable bonds is 5. The zero-order chi connectivity index (χ0) is 19.4. The van der Waals surface area contributed by atoms with Gasteiger partial charge in [-0.05, 0) is 18.2 Å². The van der Waals surface area contributed by atoms with Crippen LogP contribution in [0.1, 0.15) is 10.4 Å². The second-order valence-corrected chi connectivity index (χ2v) is 8.13. The third-order valence-corrected chi connectivity index (χ3v) is 5.62. The Morgan fingerprint density at radius 3 is 2.48 bits per heavy atom. The third-order valence-electron chi connectivity index (χ3n) is 4.23. The minimum atomic E-state index is -3.79. The van der Waals surface area contributed by atoms with Gasteiger partial charge in [0.25, 0.3) is 15.9 Å². The van der Waals surface area contributed by atoms with Crippen LogP contribution in [0.4, 0.5) is 11.5 Å². The maximum absolute atomic E-state index is 12.8. The van der Waals surface area contributed by atoms with Crippen molar-refractivity contribution in [3.05, 3.63) is 48.2 Å². The number of carbonyl (C=O) groups excluding carboxylic acids is 1. The van der Waals surface area contributed by atoms with Crippen LogP contribution < -0.4 is 14.9 Å². The van der Waals surface area contributed by atoms with Crippen LogP contribution in [0.2, 0.25) is 0 Å². The fourth-order valence-corrected chi connectivity index (χ4v) is 3.91. The van der Waals surface area contributed by atoms with E-state index >= 15 is 0 Å². The van der Waals surface area contributed by atoms with Crippen molar-refractivity contribution in [2.75, 3.05) is 49.9 Å². The van der Waals surface area contributed by atoms with Gasteiger partial charge in [-0.25, -0.2) is 13.4 Å². The highest BCUT2D eigenvalue weighted by molar-refractivity contribution is 7.92. The molecule has 0 saturated carbocycles. The first kappa shape index (κ1) is 19.1. The normalized spacial score (nSPS) is 14.7. The molecule has 27 heavy (non-hydrogen) atoms. The fraction of sp³-hybridized carbons (Fsp3) is 0.333. The van der Waals surface area contributed by atoms with Crippen molar-refractivity contribution in [1.82, 2.24) is 15.2 Å². The van der Waals surface area contributed by atoms with E-state index in [2.05, 4.69) is 15.0 Å². The molecule has 1 saturated heterocycles. The molecule has 0 radical (unpaired) electrons. The molecule has 0 unspecified atom stereocenters. The number of benzene rings is 1. The number of aromatic nitrogens is 1. The van der Waals surface area contributed by atoms with Crippen molar-refractivity contribution in [3.8, 4) is 0 Å². The van der Waals surface area contributed by atoms with E-state index in [9.17, 15) is 13.2 Å². The highest BCUT2D eigenvalue weighted by Gasteiger charge is 2.22. The summed E-state index contributed by atoms with van der Waals surface area (Å²) in [6, 6.07) is 9.67. The second kappa shape index (κ2) is 7.93. The molecule has 1 amide bonds. The number of anilines is 2. The van der Waals surface area contributed by atoms with Crippen LogP contribution >= 0.6 is 0 Å². The summed E-state index contributed by atoms with van der Waals surface area (Å²) < 4.78 is 28.2. The molecular weight excluding hydrogens is 366 g/mol. The number of nitrogens with one attached hydrogen (secondary N) is 2. The van der Waals surface area contributed by atoms with Gasteiger partial charge in [0.1, 0.15) is 0 Å². The van der Waals surface area contributed by atoms with Gasteiger partial charge in [0.05, 0.1) is 16.1 Å². The van der Waals surface area contributed by atoms with Gasteiger partial charge in [-0.2, -0.15) is 0 Å². The Hall–Kier alpha value is -2.65. The molecule has 0 atom stereocenters. The minimum Gasteiger partial charge on any atom is -0.352 e. The van der Waals surface area contributed by atoms with Gasteiger partial charge < -0.3 is 15.1 Å². The van der Waals surface area contributed by atoms with Crippen molar-refractivity contribution in [1.29, 1.82) is 0 Å². The molecule has 1 aromatic carbocycles. The Kier molecular flexibility index (Phi) is 5.62. The predicted molar refractivity (Wildman–Crippen MR) is 105 cm³/mol. The van der Waals surface area contributed by atoms with Crippen LogP contribution in [0.25, 0.3) is 0 Å². The number of piperazine rings is 1. The molecule has 9 heteroatoms. The SMILES string of the molecule is CN(C)C(=O)c1cnc(N2CCNCC2)c(NS(=O)(=O)c2ccccc2)c1. The highest BCUT2D eigenvalue weighted by Crippen LogP contribution is 2.27. The molecule has 0 spiro atoms. The minimum absolute atomic E-state index is 0.153. The van der Waals surface area contributed by atoms with E-state index in [1.807, 2.05) is 4.90 Å². The van der Waals surface area contributed by atoms with Gasteiger partial charge in [0, 0.05) is 46.5 Å². The Bertz CT molecular complexity index is 910. The summed E-state index contributed by atoms with van der Waals surface area (Å²) in [5, 5.41) is 3.25. The van der Waals surface area contributed by atoms with E-state index < -0.39 is 10.0 Å². The predicted octanol–water partition coefficient (Wildman–Crippen LogP) is 0.994. The Balaban J connectivity index is 2.01. The molecule has 8 nitrogen and oxygen atoms in total. The lowest BCUT2D eigenvalue weighted by Gasteiger charge is -2.30. The summed E-state index contributed by atoms with van der Waals surface area (Å²) >= 11 is 0. The molecule has 0 bridgehead atoms. The highest BCUT2D eigenvalue weighted by atomic mass is 32.2. The molecular formula is C18H23N5O3S. The number of nitrogens with zero attached hydrogens (tertiary/aromatic N) is 3. The first-order valence-electron chi connectivity index (χ1n) is 8.64. The van der Waals surface area contributed by atoms with Crippen molar-refractivity contribution >= 4 is 27.4 Å². The van der Waals surface area contributed by atoms with Gasteiger partial charge in [0.15, 0.2) is 5.82 Å². The average molecular weight is 389 g/mol. The number of pyridine rings is 1. The molecule has 1 aliphatic heterocycles. The van der Waals surface area contributed by atoms with E-state index in [0.717, 1.165) is 13.1 Å². The van der Waals surface area contributed by atoms with E-state index in [0.29, 0.717) is 30.2 Å². The number of hydrogen-bond donors (Lipinski definition) is 2. The molecule has 2 aromatic rings. The largest absolute Gasteiger partial charge is 0.352 e. The number of carbonyl (C=O) groups is 1. The monoisotopic (exact) mass is 389 g/mol. The standard InChI is InChI=1S/C18H23N5O3S/c1-22(2)18(24)14-12-16(17(20-13-14)23-10-8-19-9-11-23)21-27(25,26)15-6-4-3-5-7-15/h3-7,12-13,19,21H,8-11H2,1-2H3. The zero-order valence-corrected chi connectivity index (χ0v) is 16.2. The van der Waals surface area contributed by atoms with Crippen LogP contribution in [0.5, 0.6) is 0 Å². The molecule has 2 heterocycles. The van der Waals surface area contributed by atoms with E-state index in [-0.39, 0.29) is 10.8 Å². The van der Waals surface area contributed by atoms with Crippen molar-refractivity contribution in [2.45, 2.75) is 4.90 Å². The lowest BCUT2D eigenvalue weighted by molar-refractivity contribution is 0.0827. The number of hydrogen-bond acceptors (Lipinski definition) is 6. The van der Waals surface area contributed by atoms with Gasteiger partial charge in [-0.3, -0.25) is 9.52 Å². The van der Waals surface area contributed by atoms with Gasteiger partial charge in [0.2, 0.25) is 0 Å². The molecule has 3 rings (SSSR count). The first-order chi connectivity index (χ1) is 12.9. The second-order valence-electron chi connectivity index (χ2n) is 6.45. The van der Waals surface area contributed by atoms with Crippen molar-refractivity contribution in [2.24, 2.45) is 0 Å². The molecule has 1 fully saturated rings. The van der Waals surface area contributed by atoms with Gasteiger partial charge in [-0.15, -0.1) is 0 Å². The van der Waals surface area contributed by atoms with Crippen LogP contribution in [0, 0.1) is 0 Å². The van der Waals surface area contributed by atoms with Gasteiger partial charge >= 0.3 is 0 Å². The first-order valence-corrected chi connectivity index (χ1v) is 10.1. The maximum Gasteiger partial charge on any atom is 0.262 e. The van der Waals surface area contributed by atoms with E-state index in [1.54, 1.807) is 38.4 Å². The van der Waals surface area contributed by atoms with E-state index in [4.69, 9.17) is 0 Å². The molecule has 0 aliphatic carbocycles. The number of sulfonamides is 1. The molecule has 2 N–H and O–H groups in total. The van der Waals surface area contributed by atoms with Crippen molar-refractivity contribution in [3.63, 3.8) is 0 Å². The van der Waals surface area contributed by atoms with Gasteiger partial charge in [-0.1, -0.05) is 18.2 Å². The Morgan fingerprint density at radius 2 is 1.85 bits per heavy atom. The van der Waals surface area contributed by atoms with Crippen LogP contribution in [0.3, 0.4) is 0 Å². The lowest BCUT2D eigenvalue weighted by atomic mass is 10.2. The Morgan fingerprint density at radius 1 is 1.19 bits per heavy atom. The summed E-state index contributed by atoms with van der Waals surface area (Å²) in [6.07, 6.45) is 1.49. The quantitative estimate of drug-likeness (QED) is 0.792. The van der Waals surface area contributed by atoms with Crippen LogP contribution in [0.15, 0.2) is 47.5 Å². The average Bonchev–Trinajstić information content (AvgIpc) is 2.68. The van der Waals surface area contributed by atoms with Crippen molar-refractivity contribution < 1.29 is 13.2 Å². The Labute approximate surface area is 159 Å². The smallest absolute Gasteiger partial charge is 0.262 e. The summed E-state index contributed by atoms with van der Waals surface area (Å²) in [4.78, 5) is 20.3. The third kappa shape index (κ3) is 4.37. The molecule has 144 valence electrons. The fourth-order valence-electron chi connectivity index (χ4n) is 2.84. The zero-order valence-electron chi connectivity index (χ0n) is 15.3. The number of amides is 1.